The molecule has 25 heavy (non-hydrogen) atoms. The van der Waals surface area contributed by atoms with E-state index >= 15 is 0 Å². The average Bonchev–Trinajstić information content (AvgIpc) is 2.54. The summed E-state index contributed by atoms with van der Waals surface area (Å²) >= 11 is 0. The molecule has 0 bridgehead atoms. The Kier molecular flexibility index (Phi) is 4.32. The molecule has 130 valence electrons. The summed E-state index contributed by atoms with van der Waals surface area (Å²) in [5.74, 6) is 0. The van der Waals surface area contributed by atoms with Gasteiger partial charge in [-0.25, -0.2) is 17.9 Å². The predicted molar refractivity (Wildman–Crippen MR) is 95.1 cm³/mol. The largest absolute Gasteiger partial charge is 0.326 e. The van der Waals surface area contributed by atoms with Crippen LogP contribution in [0, 0.1) is 6.92 Å². The van der Waals surface area contributed by atoms with E-state index in [0.717, 1.165) is 11.1 Å². The molecule has 0 amide bonds. The minimum atomic E-state index is -3.84. The van der Waals surface area contributed by atoms with Crippen molar-refractivity contribution < 1.29 is 8.42 Å². The Hall–Kier alpha value is -2.71. The number of rotatable bonds is 4. The molecule has 0 saturated carbocycles. The minimum Gasteiger partial charge on any atom is -0.307 e. The quantitative estimate of drug-likeness (QED) is 0.656. The van der Waals surface area contributed by atoms with Crippen LogP contribution in [0.25, 0.3) is 10.9 Å². The predicted octanol–water partition coefficient (Wildman–Crippen LogP) is 1.56. The highest BCUT2D eigenvalue weighted by molar-refractivity contribution is 7.89. The van der Waals surface area contributed by atoms with Crippen LogP contribution in [0.15, 0.2) is 56.9 Å². The van der Waals surface area contributed by atoms with Crippen molar-refractivity contribution in [1.29, 1.82) is 0 Å². The molecule has 1 atom stereocenters. The summed E-state index contributed by atoms with van der Waals surface area (Å²) in [6.45, 7) is 3.66. The molecule has 0 aliphatic rings. The van der Waals surface area contributed by atoms with Crippen LogP contribution in [0.3, 0.4) is 0 Å². The normalized spacial score (nSPS) is 13.0. The third-order valence-electron chi connectivity index (χ3n) is 4.01. The summed E-state index contributed by atoms with van der Waals surface area (Å²) in [7, 11) is -3.84. The standard InChI is InChI=1S/C17H17N3O4S/c1-10-5-3-4-6-13(10)11(2)20-25(23,24)12-7-8-15-14(9-12)16(21)19-17(22)18-15/h3-9,11,20H,1-2H3,(H2,18,19,21,22). The second kappa shape index (κ2) is 6.30. The van der Waals surface area contributed by atoms with Crippen molar-refractivity contribution >= 4 is 20.9 Å². The first kappa shape index (κ1) is 17.1. The van der Waals surface area contributed by atoms with Crippen LogP contribution in [0.2, 0.25) is 0 Å². The van der Waals surface area contributed by atoms with Crippen molar-refractivity contribution in [2.75, 3.05) is 0 Å². The molecular weight excluding hydrogens is 342 g/mol. The van der Waals surface area contributed by atoms with E-state index < -0.39 is 27.3 Å². The van der Waals surface area contributed by atoms with Crippen molar-refractivity contribution in [3.63, 3.8) is 0 Å². The molecule has 3 N–H and O–H groups in total. The number of aromatic amines is 2. The van der Waals surface area contributed by atoms with E-state index in [2.05, 4.69) is 14.7 Å². The summed E-state index contributed by atoms with van der Waals surface area (Å²) in [4.78, 5) is 27.7. The first-order valence-electron chi connectivity index (χ1n) is 7.62. The highest BCUT2D eigenvalue weighted by Gasteiger charge is 2.20. The van der Waals surface area contributed by atoms with Crippen molar-refractivity contribution in [3.05, 3.63) is 74.4 Å². The van der Waals surface area contributed by atoms with E-state index in [9.17, 15) is 18.0 Å². The van der Waals surface area contributed by atoms with Crippen LogP contribution in [-0.2, 0) is 10.0 Å². The van der Waals surface area contributed by atoms with Gasteiger partial charge in [0.2, 0.25) is 10.0 Å². The fourth-order valence-corrected chi connectivity index (χ4v) is 4.00. The summed E-state index contributed by atoms with van der Waals surface area (Å²) in [6.07, 6.45) is 0. The molecule has 7 nitrogen and oxygen atoms in total. The van der Waals surface area contributed by atoms with Crippen LogP contribution in [0.5, 0.6) is 0 Å². The maximum Gasteiger partial charge on any atom is 0.326 e. The second-order valence-corrected chi connectivity index (χ2v) is 7.53. The molecule has 2 aromatic carbocycles. The van der Waals surface area contributed by atoms with Gasteiger partial charge in [0.15, 0.2) is 0 Å². The Balaban J connectivity index is 2.00. The molecule has 8 heteroatoms. The molecule has 1 unspecified atom stereocenters. The number of benzene rings is 2. The third kappa shape index (κ3) is 3.40. The number of aromatic nitrogens is 2. The molecule has 0 aliphatic carbocycles. The van der Waals surface area contributed by atoms with E-state index in [-0.39, 0.29) is 15.8 Å². The average molecular weight is 359 g/mol. The van der Waals surface area contributed by atoms with Gasteiger partial charge in [-0.15, -0.1) is 0 Å². The number of fused-ring (bicyclic) bond motifs is 1. The molecule has 1 aromatic heterocycles. The summed E-state index contributed by atoms with van der Waals surface area (Å²) < 4.78 is 27.9. The molecule has 0 fully saturated rings. The van der Waals surface area contributed by atoms with Gasteiger partial charge in [0.1, 0.15) is 0 Å². The van der Waals surface area contributed by atoms with Gasteiger partial charge < -0.3 is 4.98 Å². The van der Waals surface area contributed by atoms with Crippen LogP contribution < -0.4 is 16.0 Å². The van der Waals surface area contributed by atoms with Gasteiger partial charge in [-0.2, -0.15) is 0 Å². The number of hydrogen-bond acceptors (Lipinski definition) is 4. The highest BCUT2D eigenvalue weighted by atomic mass is 32.2. The SMILES string of the molecule is Cc1ccccc1C(C)NS(=O)(=O)c1ccc2[nH]c(=O)[nH]c(=O)c2c1. The fraction of sp³-hybridized carbons (Fsp3) is 0.176. The van der Waals surface area contributed by atoms with Gasteiger partial charge in [0, 0.05) is 6.04 Å². The zero-order chi connectivity index (χ0) is 18.2. The summed E-state index contributed by atoms with van der Waals surface area (Å²) in [5, 5.41) is 0.103. The molecule has 1 heterocycles. The van der Waals surface area contributed by atoms with Crippen LogP contribution in [0.1, 0.15) is 24.1 Å². The lowest BCUT2D eigenvalue weighted by Gasteiger charge is -2.17. The Morgan fingerprint density at radius 2 is 1.76 bits per heavy atom. The Bertz CT molecular complexity index is 1160. The van der Waals surface area contributed by atoms with Crippen molar-refractivity contribution in [2.24, 2.45) is 0 Å². The minimum absolute atomic E-state index is 0.0435. The monoisotopic (exact) mass is 359 g/mol. The topological polar surface area (TPSA) is 112 Å². The molecule has 0 spiro atoms. The lowest BCUT2D eigenvalue weighted by Crippen LogP contribution is -2.28. The highest BCUT2D eigenvalue weighted by Crippen LogP contribution is 2.21. The van der Waals surface area contributed by atoms with Crippen LogP contribution in [-0.4, -0.2) is 18.4 Å². The smallest absolute Gasteiger partial charge is 0.307 e. The summed E-state index contributed by atoms with van der Waals surface area (Å²) in [5.41, 5.74) is 0.848. The zero-order valence-corrected chi connectivity index (χ0v) is 14.5. The molecule has 3 rings (SSSR count). The molecule has 3 aromatic rings. The fourth-order valence-electron chi connectivity index (χ4n) is 2.75. The summed E-state index contributed by atoms with van der Waals surface area (Å²) in [6, 6.07) is 11.1. The number of nitrogens with one attached hydrogen (secondary N) is 3. The zero-order valence-electron chi connectivity index (χ0n) is 13.7. The van der Waals surface area contributed by atoms with E-state index in [1.165, 1.54) is 18.2 Å². The van der Waals surface area contributed by atoms with Gasteiger partial charge in [0.25, 0.3) is 5.56 Å². The van der Waals surface area contributed by atoms with Gasteiger partial charge in [-0.1, -0.05) is 24.3 Å². The lowest BCUT2D eigenvalue weighted by atomic mass is 10.0. The van der Waals surface area contributed by atoms with E-state index in [1.54, 1.807) is 6.92 Å². The van der Waals surface area contributed by atoms with Crippen molar-refractivity contribution in [1.82, 2.24) is 14.7 Å². The molecule has 0 aliphatic heterocycles. The van der Waals surface area contributed by atoms with Gasteiger partial charge >= 0.3 is 5.69 Å². The van der Waals surface area contributed by atoms with Crippen LogP contribution >= 0.6 is 0 Å². The Morgan fingerprint density at radius 3 is 2.48 bits per heavy atom. The number of aryl methyl sites for hydroxylation is 1. The number of H-pyrrole nitrogens is 2. The lowest BCUT2D eigenvalue weighted by molar-refractivity contribution is 0.566. The third-order valence-corrected chi connectivity index (χ3v) is 5.55. The van der Waals surface area contributed by atoms with E-state index in [0.29, 0.717) is 0 Å². The molecule has 0 radical (unpaired) electrons. The van der Waals surface area contributed by atoms with Crippen molar-refractivity contribution in [2.45, 2.75) is 24.8 Å². The molecule has 0 saturated heterocycles. The maximum atomic E-state index is 12.7. The van der Waals surface area contributed by atoms with Gasteiger partial charge in [-0.05, 0) is 43.2 Å². The van der Waals surface area contributed by atoms with E-state index in [4.69, 9.17) is 0 Å². The first-order valence-corrected chi connectivity index (χ1v) is 9.10. The maximum absolute atomic E-state index is 12.7. The van der Waals surface area contributed by atoms with Gasteiger partial charge in [0.05, 0.1) is 15.8 Å². The van der Waals surface area contributed by atoms with Gasteiger partial charge in [-0.3, -0.25) is 9.78 Å². The number of sulfonamides is 1. The van der Waals surface area contributed by atoms with Crippen LogP contribution in [0.4, 0.5) is 0 Å². The second-order valence-electron chi connectivity index (χ2n) is 5.82. The Labute approximate surface area is 143 Å². The molecular formula is C17H17N3O4S. The Morgan fingerprint density at radius 1 is 1.04 bits per heavy atom. The van der Waals surface area contributed by atoms with E-state index in [1.807, 2.05) is 31.2 Å². The number of hydrogen-bond donors (Lipinski definition) is 3. The first-order chi connectivity index (χ1) is 11.8. The van der Waals surface area contributed by atoms with Crippen molar-refractivity contribution in [3.8, 4) is 0 Å².